The molecule has 0 radical (unpaired) electrons. The SMILES string of the molecule is CC.CC.CC.CCC(=O)O.CCCS(C)(=O)=O.c1ccc2c(c1)CCN2. The molecule has 6 heteroatoms. The number of rotatable bonds is 3. The second-order valence-electron chi connectivity index (χ2n) is 4.71. The molecule has 0 unspecified atom stereocenters. The van der Waals surface area contributed by atoms with Gasteiger partial charge in [0.15, 0.2) is 0 Å². The molecule has 0 amide bonds. The van der Waals surface area contributed by atoms with E-state index in [9.17, 15) is 13.2 Å². The second-order valence-corrected chi connectivity index (χ2v) is 6.97. The third kappa shape index (κ3) is 26.8. The Hall–Kier alpha value is -1.56. The van der Waals surface area contributed by atoms with Gasteiger partial charge in [-0.1, -0.05) is 73.6 Å². The number of aliphatic carboxylic acids is 1. The predicted molar refractivity (Wildman–Crippen MR) is 121 cm³/mol. The van der Waals surface area contributed by atoms with Crippen molar-refractivity contribution in [3.8, 4) is 0 Å². The first-order chi connectivity index (χ1) is 12.8. The molecule has 1 aromatic carbocycles. The molecule has 0 aliphatic carbocycles. The summed E-state index contributed by atoms with van der Waals surface area (Å²) in [4.78, 5) is 9.37. The Morgan fingerprint density at radius 1 is 1.04 bits per heavy atom. The van der Waals surface area contributed by atoms with Crippen molar-refractivity contribution in [2.75, 3.05) is 23.9 Å². The second kappa shape index (κ2) is 24.4. The van der Waals surface area contributed by atoms with Gasteiger partial charge in [0, 0.05) is 30.7 Å². The Bertz CT molecular complexity index is 506. The van der Waals surface area contributed by atoms with Gasteiger partial charge in [0.05, 0.1) is 0 Å². The van der Waals surface area contributed by atoms with Gasteiger partial charge in [-0.25, -0.2) is 8.42 Å². The summed E-state index contributed by atoms with van der Waals surface area (Å²) in [6.07, 6.45) is 3.38. The third-order valence-electron chi connectivity index (χ3n) is 2.60. The molecule has 0 saturated carbocycles. The zero-order chi connectivity index (χ0) is 22.3. The highest BCUT2D eigenvalue weighted by Gasteiger charge is 2.05. The van der Waals surface area contributed by atoms with Crippen LogP contribution in [0.1, 0.15) is 73.8 Å². The summed E-state index contributed by atoms with van der Waals surface area (Å²) < 4.78 is 20.5. The van der Waals surface area contributed by atoms with E-state index < -0.39 is 15.8 Å². The average Bonchev–Trinajstić information content (AvgIpc) is 3.15. The van der Waals surface area contributed by atoms with E-state index in [2.05, 4.69) is 29.6 Å². The fourth-order valence-electron chi connectivity index (χ4n) is 1.61. The topological polar surface area (TPSA) is 83.5 Å². The maximum absolute atomic E-state index is 10.2. The molecule has 2 N–H and O–H groups in total. The van der Waals surface area contributed by atoms with Crippen LogP contribution in [0.25, 0.3) is 0 Å². The number of carbonyl (C=O) groups is 1. The minimum Gasteiger partial charge on any atom is -0.481 e. The van der Waals surface area contributed by atoms with Gasteiger partial charge >= 0.3 is 5.97 Å². The Balaban J connectivity index is -0.000000133. The molecule has 27 heavy (non-hydrogen) atoms. The molecule has 0 spiro atoms. The fraction of sp³-hybridized carbons (Fsp3) is 0.667. The van der Waals surface area contributed by atoms with Gasteiger partial charge in [-0.05, 0) is 24.5 Å². The monoisotopic (exact) mass is 405 g/mol. The smallest absolute Gasteiger partial charge is 0.303 e. The summed E-state index contributed by atoms with van der Waals surface area (Å²) in [5, 5.41) is 11.0. The Morgan fingerprint density at radius 3 is 1.78 bits per heavy atom. The van der Waals surface area contributed by atoms with Gasteiger partial charge in [-0.2, -0.15) is 0 Å². The Labute approximate surface area is 168 Å². The van der Waals surface area contributed by atoms with Crippen LogP contribution in [0.3, 0.4) is 0 Å². The molecular weight excluding hydrogens is 362 g/mol. The van der Waals surface area contributed by atoms with Crippen LogP contribution in [-0.2, 0) is 21.1 Å². The van der Waals surface area contributed by atoms with E-state index in [1.54, 1.807) is 6.92 Å². The molecule has 0 fully saturated rings. The molecule has 0 atom stereocenters. The number of benzene rings is 1. The van der Waals surface area contributed by atoms with Crippen LogP contribution >= 0.6 is 0 Å². The van der Waals surface area contributed by atoms with Gasteiger partial charge in [0.1, 0.15) is 9.84 Å². The number of nitrogens with one attached hydrogen (secondary N) is 1. The van der Waals surface area contributed by atoms with Crippen molar-refractivity contribution in [2.45, 2.75) is 74.7 Å². The molecule has 0 bridgehead atoms. The van der Waals surface area contributed by atoms with Crippen LogP contribution in [0, 0.1) is 0 Å². The van der Waals surface area contributed by atoms with Crippen molar-refractivity contribution < 1.29 is 18.3 Å². The van der Waals surface area contributed by atoms with Crippen molar-refractivity contribution >= 4 is 21.5 Å². The van der Waals surface area contributed by atoms with E-state index >= 15 is 0 Å². The average molecular weight is 406 g/mol. The molecule has 2 rings (SSSR count). The van der Waals surface area contributed by atoms with Crippen molar-refractivity contribution in [3.05, 3.63) is 29.8 Å². The predicted octanol–water partition coefficient (Wildman–Crippen LogP) is 5.66. The van der Waals surface area contributed by atoms with E-state index in [-0.39, 0.29) is 6.42 Å². The normalized spacial score (nSPS) is 9.96. The number of fused-ring (bicyclic) bond motifs is 1. The van der Waals surface area contributed by atoms with Gasteiger partial charge in [-0.15, -0.1) is 0 Å². The zero-order valence-electron chi connectivity index (χ0n) is 18.9. The van der Waals surface area contributed by atoms with Crippen LogP contribution in [0.15, 0.2) is 24.3 Å². The first-order valence-corrected chi connectivity index (χ1v) is 12.1. The first kappa shape index (κ1) is 33.1. The fourth-order valence-corrected chi connectivity index (χ4v) is 2.35. The standard InChI is InChI=1S/C8H9N.C4H10O2S.C3H6O2.3C2H6/c1-2-4-8-7(3-1)5-6-9-8;1-3-4-7(2,5)6;1-2-3(4)5;3*1-2/h1-4,9H,5-6H2;3-4H2,1-2H3;2H2,1H3,(H,4,5);3*1-2H3. The molecular formula is C21H43NO4S. The lowest BCUT2D eigenvalue weighted by molar-refractivity contribution is -0.136. The Morgan fingerprint density at radius 2 is 1.48 bits per heavy atom. The van der Waals surface area contributed by atoms with Gasteiger partial charge in [-0.3, -0.25) is 4.79 Å². The Kier molecular flexibility index (Phi) is 29.9. The molecule has 162 valence electrons. The molecule has 5 nitrogen and oxygen atoms in total. The quantitative estimate of drug-likeness (QED) is 0.678. The summed E-state index contributed by atoms with van der Waals surface area (Å²) in [6.45, 7) is 16.6. The number of para-hydroxylation sites is 1. The van der Waals surface area contributed by atoms with Gasteiger partial charge in [0.25, 0.3) is 0 Å². The van der Waals surface area contributed by atoms with Crippen LogP contribution in [0.5, 0.6) is 0 Å². The van der Waals surface area contributed by atoms with E-state index in [1.165, 1.54) is 23.9 Å². The number of carboxylic acid groups (broad SMARTS) is 1. The first-order valence-electron chi connectivity index (χ1n) is 10.0. The summed E-state index contributed by atoms with van der Waals surface area (Å²) >= 11 is 0. The highest BCUT2D eigenvalue weighted by atomic mass is 32.2. The highest BCUT2D eigenvalue weighted by Crippen LogP contribution is 2.19. The molecule has 1 aromatic rings. The van der Waals surface area contributed by atoms with Crippen molar-refractivity contribution in [2.24, 2.45) is 0 Å². The van der Waals surface area contributed by atoms with Crippen LogP contribution in [-0.4, -0.2) is 38.0 Å². The van der Waals surface area contributed by atoms with Crippen molar-refractivity contribution in [1.82, 2.24) is 0 Å². The number of carboxylic acids is 1. The summed E-state index contributed by atoms with van der Waals surface area (Å²) in [7, 11) is -2.67. The molecule has 1 heterocycles. The van der Waals surface area contributed by atoms with Crippen LogP contribution in [0.2, 0.25) is 0 Å². The lowest BCUT2D eigenvalue weighted by atomic mass is 10.2. The molecule has 1 aliphatic rings. The van der Waals surface area contributed by atoms with Crippen LogP contribution in [0.4, 0.5) is 5.69 Å². The summed E-state index contributed by atoms with van der Waals surface area (Å²) in [5.41, 5.74) is 2.77. The van der Waals surface area contributed by atoms with E-state index in [4.69, 9.17) is 5.11 Å². The maximum Gasteiger partial charge on any atom is 0.303 e. The lowest BCUT2D eigenvalue weighted by Gasteiger charge is -1.94. The lowest BCUT2D eigenvalue weighted by Crippen LogP contribution is -2.00. The maximum atomic E-state index is 10.2. The molecule has 0 aromatic heterocycles. The molecule has 0 saturated heterocycles. The number of hydrogen-bond donors (Lipinski definition) is 2. The summed E-state index contributed by atoms with van der Waals surface area (Å²) in [5.74, 6) is -0.433. The van der Waals surface area contributed by atoms with Crippen molar-refractivity contribution in [3.63, 3.8) is 0 Å². The number of sulfone groups is 1. The van der Waals surface area contributed by atoms with E-state index in [0.29, 0.717) is 5.75 Å². The summed E-state index contributed by atoms with van der Waals surface area (Å²) in [6, 6.07) is 8.46. The van der Waals surface area contributed by atoms with E-state index in [0.717, 1.165) is 13.0 Å². The number of hydrogen-bond acceptors (Lipinski definition) is 4. The van der Waals surface area contributed by atoms with Gasteiger partial charge < -0.3 is 10.4 Å². The van der Waals surface area contributed by atoms with Crippen LogP contribution < -0.4 is 5.32 Å². The zero-order valence-corrected chi connectivity index (χ0v) is 19.7. The largest absolute Gasteiger partial charge is 0.481 e. The third-order valence-corrected chi connectivity index (χ3v) is 3.75. The van der Waals surface area contributed by atoms with E-state index in [1.807, 2.05) is 48.5 Å². The highest BCUT2D eigenvalue weighted by molar-refractivity contribution is 7.90. The molecule has 1 aliphatic heterocycles. The van der Waals surface area contributed by atoms with Crippen molar-refractivity contribution in [1.29, 1.82) is 0 Å². The van der Waals surface area contributed by atoms with Gasteiger partial charge in [0.2, 0.25) is 0 Å². The number of anilines is 1. The minimum atomic E-state index is -2.67. The minimum absolute atomic E-state index is 0.222.